The van der Waals surface area contributed by atoms with Crippen molar-refractivity contribution in [2.45, 2.75) is 25.7 Å². The third kappa shape index (κ3) is 3.32. The van der Waals surface area contributed by atoms with Crippen LogP contribution >= 0.6 is 15.9 Å². The van der Waals surface area contributed by atoms with Crippen LogP contribution in [0.3, 0.4) is 0 Å². The summed E-state index contributed by atoms with van der Waals surface area (Å²) in [5.74, 6) is 1.21. The molecule has 0 atom stereocenters. The third-order valence-corrected chi connectivity index (χ3v) is 3.65. The molecule has 3 rings (SSSR count). The highest BCUT2D eigenvalue weighted by Gasteiger charge is 2.31. The Morgan fingerprint density at radius 1 is 1.00 bits per heavy atom. The van der Waals surface area contributed by atoms with Gasteiger partial charge in [0.05, 0.1) is 0 Å². The summed E-state index contributed by atoms with van der Waals surface area (Å²) in [7, 11) is 0. The number of hydrogen-bond donors (Lipinski definition) is 2. The van der Waals surface area contributed by atoms with E-state index in [4.69, 9.17) is 0 Å². The molecule has 0 saturated heterocycles. The lowest BCUT2D eigenvalue weighted by Crippen LogP contribution is -2.17. The lowest BCUT2D eigenvalue weighted by Gasteiger charge is -2.08. The van der Waals surface area contributed by atoms with Gasteiger partial charge in [0.25, 0.3) is 0 Å². The van der Waals surface area contributed by atoms with Crippen LogP contribution in [0.2, 0.25) is 0 Å². The summed E-state index contributed by atoms with van der Waals surface area (Å²) in [4.78, 5) is 27.6. The van der Waals surface area contributed by atoms with Gasteiger partial charge < -0.3 is 10.6 Å². The first-order chi connectivity index (χ1) is 9.11. The second kappa shape index (κ2) is 4.92. The number of nitrogens with one attached hydrogen (secondary N) is 2. The smallest absolute Gasteiger partial charge is 0.228 e. The van der Waals surface area contributed by atoms with Gasteiger partial charge in [-0.2, -0.15) is 0 Å². The number of aromatic nitrogens is 1. The Morgan fingerprint density at radius 2 is 1.42 bits per heavy atom. The highest BCUT2D eigenvalue weighted by Crippen LogP contribution is 2.32. The molecule has 1 aromatic heterocycles. The summed E-state index contributed by atoms with van der Waals surface area (Å²) in [6, 6.07) is 3.46. The molecule has 19 heavy (non-hydrogen) atoms. The monoisotopic (exact) mass is 323 g/mol. The van der Waals surface area contributed by atoms with Crippen LogP contribution in [-0.4, -0.2) is 16.8 Å². The first kappa shape index (κ1) is 12.6. The van der Waals surface area contributed by atoms with Crippen molar-refractivity contribution in [3.05, 3.63) is 16.6 Å². The molecule has 2 amide bonds. The lowest BCUT2D eigenvalue weighted by molar-refractivity contribution is -0.118. The first-order valence-electron chi connectivity index (χ1n) is 6.41. The van der Waals surface area contributed by atoms with Gasteiger partial charge in [0.1, 0.15) is 11.6 Å². The Balaban J connectivity index is 1.70. The number of carbonyl (C=O) groups is 2. The number of rotatable bonds is 4. The molecule has 0 spiro atoms. The van der Waals surface area contributed by atoms with E-state index in [2.05, 4.69) is 31.5 Å². The van der Waals surface area contributed by atoms with Gasteiger partial charge in [0.2, 0.25) is 11.8 Å². The normalized spacial score (nSPS) is 17.9. The van der Waals surface area contributed by atoms with E-state index in [9.17, 15) is 9.59 Å². The molecule has 0 unspecified atom stereocenters. The van der Waals surface area contributed by atoms with Crippen molar-refractivity contribution in [3.63, 3.8) is 0 Å². The first-order valence-corrected chi connectivity index (χ1v) is 7.20. The van der Waals surface area contributed by atoms with Gasteiger partial charge in [0.15, 0.2) is 0 Å². The standard InChI is InChI=1S/C13H14BrN3O2/c14-9-5-10(16-12(18)7-1-2-7)15-11(6-9)17-13(19)8-3-4-8/h5-8H,1-4H2,(H2,15,16,17,18,19). The molecule has 1 heterocycles. The van der Waals surface area contributed by atoms with Crippen LogP contribution in [-0.2, 0) is 9.59 Å². The number of amides is 2. The van der Waals surface area contributed by atoms with Crippen molar-refractivity contribution < 1.29 is 9.59 Å². The van der Waals surface area contributed by atoms with Crippen LogP contribution in [0.5, 0.6) is 0 Å². The maximum Gasteiger partial charge on any atom is 0.228 e. The molecule has 0 bridgehead atoms. The van der Waals surface area contributed by atoms with Crippen molar-refractivity contribution >= 4 is 39.4 Å². The summed E-state index contributed by atoms with van der Waals surface area (Å²) in [6.45, 7) is 0. The van der Waals surface area contributed by atoms with Crippen LogP contribution < -0.4 is 10.6 Å². The van der Waals surface area contributed by atoms with E-state index in [0.717, 1.165) is 30.2 Å². The van der Waals surface area contributed by atoms with Crippen LogP contribution in [0.4, 0.5) is 11.6 Å². The van der Waals surface area contributed by atoms with E-state index in [1.54, 1.807) is 12.1 Å². The molecular formula is C13H14BrN3O2. The summed E-state index contributed by atoms with van der Waals surface area (Å²) < 4.78 is 0.777. The Labute approximate surface area is 119 Å². The quantitative estimate of drug-likeness (QED) is 0.894. The lowest BCUT2D eigenvalue weighted by atomic mass is 10.3. The number of pyridine rings is 1. The molecule has 2 aliphatic carbocycles. The van der Waals surface area contributed by atoms with Crippen molar-refractivity contribution in [2.24, 2.45) is 11.8 Å². The summed E-state index contributed by atoms with van der Waals surface area (Å²) in [5.41, 5.74) is 0. The molecule has 2 aliphatic rings. The summed E-state index contributed by atoms with van der Waals surface area (Å²) >= 11 is 3.36. The number of nitrogens with zero attached hydrogens (tertiary/aromatic N) is 1. The molecule has 1 aromatic rings. The van der Waals surface area contributed by atoms with Crippen LogP contribution in [0.15, 0.2) is 16.6 Å². The van der Waals surface area contributed by atoms with Crippen molar-refractivity contribution in [2.75, 3.05) is 10.6 Å². The highest BCUT2D eigenvalue weighted by atomic mass is 79.9. The number of anilines is 2. The SMILES string of the molecule is O=C(Nc1cc(Br)cc(NC(=O)C2CC2)n1)C1CC1. The number of halogens is 1. The van der Waals surface area contributed by atoms with Crippen LogP contribution in [0.25, 0.3) is 0 Å². The summed E-state index contributed by atoms with van der Waals surface area (Å²) in [6.07, 6.45) is 3.80. The molecule has 5 nitrogen and oxygen atoms in total. The van der Waals surface area contributed by atoms with Gasteiger partial charge in [-0.3, -0.25) is 9.59 Å². The van der Waals surface area contributed by atoms with E-state index in [1.807, 2.05) is 0 Å². The Kier molecular flexibility index (Phi) is 3.26. The number of carbonyl (C=O) groups excluding carboxylic acids is 2. The molecule has 2 fully saturated rings. The molecule has 2 saturated carbocycles. The second-order valence-corrected chi connectivity index (χ2v) is 6.00. The summed E-state index contributed by atoms with van der Waals surface area (Å²) in [5, 5.41) is 5.54. The van der Waals surface area contributed by atoms with Crippen molar-refractivity contribution in [1.29, 1.82) is 0 Å². The maximum absolute atomic E-state index is 11.7. The highest BCUT2D eigenvalue weighted by molar-refractivity contribution is 9.10. The van der Waals surface area contributed by atoms with Gasteiger partial charge in [-0.05, 0) is 37.8 Å². The fourth-order valence-corrected chi connectivity index (χ4v) is 2.21. The number of hydrogen-bond acceptors (Lipinski definition) is 3. The topological polar surface area (TPSA) is 71.1 Å². The fourth-order valence-electron chi connectivity index (χ4n) is 1.77. The zero-order chi connectivity index (χ0) is 13.4. The average molecular weight is 324 g/mol. The zero-order valence-corrected chi connectivity index (χ0v) is 11.9. The van der Waals surface area contributed by atoms with Gasteiger partial charge in [-0.15, -0.1) is 0 Å². The van der Waals surface area contributed by atoms with Crippen LogP contribution in [0, 0.1) is 11.8 Å². The minimum atomic E-state index is 0.00469. The van der Waals surface area contributed by atoms with E-state index in [1.165, 1.54) is 0 Å². The molecule has 2 N–H and O–H groups in total. The molecule has 6 heteroatoms. The second-order valence-electron chi connectivity index (χ2n) is 5.08. The largest absolute Gasteiger partial charge is 0.310 e. The van der Waals surface area contributed by atoms with Crippen LogP contribution in [0.1, 0.15) is 25.7 Å². The third-order valence-electron chi connectivity index (χ3n) is 3.19. The molecule has 0 aromatic carbocycles. The zero-order valence-electron chi connectivity index (χ0n) is 10.3. The van der Waals surface area contributed by atoms with Crippen molar-refractivity contribution in [1.82, 2.24) is 4.98 Å². The average Bonchev–Trinajstić information content (AvgIpc) is 3.19. The molecule has 0 radical (unpaired) electrons. The Hall–Kier alpha value is -1.43. The predicted octanol–water partition coefficient (Wildman–Crippen LogP) is 2.54. The van der Waals surface area contributed by atoms with Gasteiger partial charge in [-0.25, -0.2) is 4.98 Å². The van der Waals surface area contributed by atoms with Gasteiger partial charge in [0, 0.05) is 16.3 Å². The molecule has 100 valence electrons. The van der Waals surface area contributed by atoms with E-state index in [-0.39, 0.29) is 23.7 Å². The van der Waals surface area contributed by atoms with Crippen molar-refractivity contribution in [3.8, 4) is 0 Å². The molecular weight excluding hydrogens is 310 g/mol. The Bertz CT molecular complexity index is 494. The fraction of sp³-hybridized carbons (Fsp3) is 0.462. The predicted molar refractivity (Wildman–Crippen MR) is 74.6 cm³/mol. The van der Waals surface area contributed by atoms with E-state index >= 15 is 0 Å². The van der Waals surface area contributed by atoms with Gasteiger partial charge in [-0.1, -0.05) is 15.9 Å². The van der Waals surface area contributed by atoms with E-state index < -0.39 is 0 Å². The maximum atomic E-state index is 11.7. The Morgan fingerprint density at radius 3 is 1.79 bits per heavy atom. The molecule has 0 aliphatic heterocycles. The minimum Gasteiger partial charge on any atom is -0.310 e. The van der Waals surface area contributed by atoms with Gasteiger partial charge >= 0.3 is 0 Å². The van der Waals surface area contributed by atoms with E-state index in [0.29, 0.717) is 11.6 Å². The minimum absolute atomic E-state index is 0.00469.